The quantitative estimate of drug-likeness (QED) is 0.708. The summed E-state index contributed by atoms with van der Waals surface area (Å²) in [4.78, 5) is 10.9. The van der Waals surface area contributed by atoms with Crippen LogP contribution in [0.1, 0.15) is 18.7 Å². The molecule has 1 fully saturated rings. The van der Waals surface area contributed by atoms with E-state index in [4.69, 9.17) is 10.5 Å². The van der Waals surface area contributed by atoms with Crippen molar-refractivity contribution in [3.63, 3.8) is 0 Å². The fourth-order valence-electron chi connectivity index (χ4n) is 2.75. The van der Waals surface area contributed by atoms with Crippen LogP contribution >= 0.6 is 0 Å². The average molecular weight is 376 g/mol. The molecule has 3 N–H and O–H groups in total. The third kappa shape index (κ3) is 2.88. The number of fused-ring (bicyclic) bond motifs is 1. The summed E-state index contributed by atoms with van der Waals surface area (Å²) < 4.78 is 45.3. The number of hydrogen-bond donors (Lipinski definition) is 2. The largest absolute Gasteiger partial charge is 0.476 e. The van der Waals surface area contributed by atoms with Gasteiger partial charge in [-0.25, -0.2) is 17.8 Å². The third-order valence-corrected chi connectivity index (χ3v) is 6.06. The van der Waals surface area contributed by atoms with E-state index in [1.54, 1.807) is 6.92 Å². The number of nitrogen functional groups attached to an aromatic ring is 1. The molecule has 4 rings (SSSR count). The molecule has 136 valence electrons. The average Bonchev–Trinajstić information content (AvgIpc) is 3.34. The Morgan fingerprint density at radius 3 is 2.81 bits per heavy atom. The molecule has 1 aromatic carbocycles. The van der Waals surface area contributed by atoms with Crippen LogP contribution in [0.3, 0.4) is 0 Å². The molecular weight excluding hydrogens is 359 g/mol. The van der Waals surface area contributed by atoms with Gasteiger partial charge in [0.25, 0.3) is 0 Å². The standard InChI is InChI=1S/C17H17FN4O3S/c1-9-20-13-14(17(21-9)25-8-10-5-6-10)22-16(19)15(13)26(23,24)12-4-2-3-11(18)7-12/h2-4,7,10,22H,5-6,8,19H2,1H3. The van der Waals surface area contributed by atoms with E-state index in [2.05, 4.69) is 15.0 Å². The summed E-state index contributed by atoms with van der Waals surface area (Å²) in [5.74, 6) is 0.400. The van der Waals surface area contributed by atoms with E-state index in [0.717, 1.165) is 18.9 Å². The van der Waals surface area contributed by atoms with Crippen LogP contribution in [-0.4, -0.2) is 30.0 Å². The predicted molar refractivity (Wildman–Crippen MR) is 93.1 cm³/mol. The number of aryl methyl sites for hydroxylation is 1. The van der Waals surface area contributed by atoms with Gasteiger partial charge in [0.05, 0.1) is 11.5 Å². The van der Waals surface area contributed by atoms with E-state index < -0.39 is 15.7 Å². The van der Waals surface area contributed by atoms with Crippen LogP contribution in [0.2, 0.25) is 0 Å². The molecule has 0 spiro atoms. The molecule has 1 aliphatic rings. The van der Waals surface area contributed by atoms with Gasteiger partial charge in [-0.2, -0.15) is 4.98 Å². The summed E-state index contributed by atoms with van der Waals surface area (Å²) in [6.45, 7) is 2.15. The Bertz CT molecular complexity index is 1110. The number of aromatic nitrogens is 3. The lowest BCUT2D eigenvalue weighted by atomic mass is 10.3. The Morgan fingerprint density at radius 2 is 2.12 bits per heavy atom. The van der Waals surface area contributed by atoms with Gasteiger partial charge in [0.1, 0.15) is 33.4 Å². The summed E-state index contributed by atoms with van der Waals surface area (Å²) in [5.41, 5.74) is 6.42. The third-order valence-electron chi connectivity index (χ3n) is 4.23. The number of anilines is 1. The lowest BCUT2D eigenvalue weighted by Crippen LogP contribution is -2.06. The van der Waals surface area contributed by atoms with Crippen LogP contribution in [0, 0.1) is 18.7 Å². The zero-order valence-electron chi connectivity index (χ0n) is 14.0. The molecule has 2 heterocycles. The summed E-state index contributed by atoms with van der Waals surface area (Å²) in [7, 11) is -4.07. The maximum Gasteiger partial charge on any atom is 0.241 e. The zero-order chi connectivity index (χ0) is 18.5. The van der Waals surface area contributed by atoms with Gasteiger partial charge in [0.2, 0.25) is 15.7 Å². The highest BCUT2D eigenvalue weighted by Crippen LogP contribution is 2.36. The number of nitrogens with two attached hydrogens (primary N) is 1. The molecule has 0 unspecified atom stereocenters. The highest BCUT2D eigenvalue weighted by Gasteiger charge is 2.29. The Morgan fingerprint density at radius 1 is 1.35 bits per heavy atom. The van der Waals surface area contributed by atoms with Gasteiger partial charge >= 0.3 is 0 Å². The number of nitrogens with one attached hydrogen (secondary N) is 1. The maximum absolute atomic E-state index is 13.5. The molecule has 9 heteroatoms. The molecule has 2 aromatic heterocycles. The van der Waals surface area contributed by atoms with E-state index in [1.807, 2.05) is 0 Å². The number of aromatic amines is 1. The van der Waals surface area contributed by atoms with E-state index >= 15 is 0 Å². The van der Waals surface area contributed by atoms with Gasteiger partial charge in [-0.3, -0.25) is 0 Å². The first kappa shape index (κ1) is 16.8. The number of nitrogens with zero attached hydrogens (tertiary/aromatic N) is 2. The topological polar surface area (TPSA) is 111 Å². The van der Waals surface area contributed by atoms with E-state index in [-0.39, 0.29) is 27.0 Å². The van der Waals surface area contributed by atoms with Crippen molar-refractivity contribution in [2.75, 3.05) is 12.3 Å². The Kier molecular flexibility index (Phi) is 3.83. The predicted octanol–water partition coefficient (Wildman–Crippen LogP) is 2.61. The second-order valence-corrected chi connectivity index (χ2v) is 8.27. The molecule has 3 aromatic rings. The van der Waals surface area contributed by atoms with Crippen molar-refractivity contribution in [1.82, 2.24) is 15.0 Å². The summed E-state index contributed by atoms with van der Waals surface area (Å²) in [6, 6.07) is 4.77. The van der Waals surface area contributed by atoms with Crippen molar-refractivity contribution in [2.24, 2.45) is 5.92 Å². The second kappa shape index (κ2) is 5.94. The molecule has 1 saturated carbocycles. The van der Waals surface area contributed by atoms with Crippen molar-refractivity contribution < 1.29 is 17.5 Å². The lowest BCUT2D eigenvalue weighted by Gasteiger charge is -2.07. The van der Waals surface area contributed by atoms with Crippen molar-refractivity contribution in [3.05, 3.63) is 35.9 Å². The van der Waals surface area contributed by atoms with Gasteiger partial charge in [0, 0.05) is 0 Å². The lowest BCUT2D eigenvalue weighted by molar-refractivity contribution is 0.291. The molecule has 0 aliphatic heterocycles. The SMILES string of the molecule is Cc1nc(OCC2CC2)c2[nH]c(N)c(S(=O)(=O)c3cccc(F)c3)c2n1. The number of ether oxygens (including phenoxy) is 1. The smallest absolute Gasteiger partial charge is 0.241 e. The highest BCUT2D eigenvalue weighted by molar-refractivity contribution is 7.92. The minimum atomic E-state index is -4.07. The first-order chi connectivity index (χ1) is 12.4. The minimum Gasteiger partial charge on any atom is -0.476 e. The van der Waals surface area contributed by atoms with E-state index in [0.29, 0.717) is 23.9 Å². The molecule has 0 amide bonds. The number of halogens is 1. The molecule has 0 atom stereocenters. The van der Waals surface area contributed by atoms with Crippen molar-refractivity contribution in [1.29, 1.82) is 0 Å². The molecular formula is C17H17FN4O3S. The van der Waals surface area contributed by atoms with Gasteiger partial charge in [-0.1, -0.05) is 6.07 Å². The van der Waals surface area contributed by atoms with Crippen LogP contribution in [-0.2, 0) is 9.84 Å². The molecule has 7 nitrogen and oxygen atoms in total. The highest BCUT2D eigenvalue weighted by atomic mass is 32.2. The zero-order valence-corrected chi connectivity index (χ0v) is 14.8. The van der Waals surface area contributed by atoms with E-state index in [1.165, 1.54) is 18.2 Å². The van der Waals surface area contributed by atoms with Gasteiger partial charge in [0.15, 0.2) is 0 Å². The van der Waals surface area contributed by atoms with Gasteiger partial charge in [-0.15, -0.1) is 0 Å². The van der Waals surface area contributed by atoms with E-state index in [9.17, 15) is 12.8 Å². The van der Waals surface area contributed by atoms with Crippen LogP contribution < -0.4 is 10.5 Å². The maximum atomic E-state index is 13.5. The first-order valence-corrected chi connectivity index (χ1v) is 9.64. The van der Waals surface area contributed by atoms with Crippen LogP contribution in [0.4, 0.5) is 10.2 Å². The Labute approximate surface area is 149 Å². The fourth-order valence-corrected chi connectivity index (χ4v) is 4.26. The van der Waals surface area contributed by atoms with Gasteiger partial charge < -0.3 is 15.5 Å². The van der Waals surface area contributed by atoms with Crippen molar-refractivity contribution in [3.8, 4) is 5.88 Å². The minimum absolute atomic E-state index is 0.0829. The van der Waals surface area contributed by atoms with Gasteiger partial charge in [-0.05, 0) is 43.9 Å². The molecule has 0 radical (unpaired) electrons. The first-order valence-electron chi connectivity index (χ1n) is 8.15. The van der Waals surface area contributed by atoms with Crippen LogP contribution in [0.25, 0.3) is 11.0 Å². The number of rotatable bonds is 5. The summed E-state index contributed by atoms with van der Waals surface area (Å²) >= 11 is 0. The van der Waals surface area contributed by atoms with Crippen molar-refractivity contribution >= 4 is 26.7 Å². The molecule has 0 bridgehead atoms. The Balaban J connectivity index is 1.88. The Hall–Kier alpha value is -2.68. The number of H-pyrrole nitrogens is 1. The summed E-state index contributed by atoms with van der Waals surface area (Å²) in [6.07, 6.45) is 2.22. The normalized spacial score (nSPS) is 14.7. The number of sulfone groups is 1. The number of benzene rings is 1. The van der Waals surface area contributed by atoms with Crippen molar-refractivity contribution in [2.45, 2.75) is 29.6 Å². The number of hydrogen-bond acceptors (Lipinski definition) is 6. The molecule has 1 aliphatic carbocycles. The fraction of sp³-hybridized carbons (Fsp3) is 0.294. The summed E-state index contributed by atoms with van der Waals surface area (Å²) in [5, 5.41) is 0. The van der Waals surface area contributed by atoms with Crippen LogP contribution in [0.15, 0.2) is 34.1 Å². The molecule has 0 saturated heterocycles. The molecule has 26 heavy (non-hydrogen) atoms. The second-order valence-electron chi connectivity index (χ2n) is 6.38. The monoisotopic (exact) mass is 376 g/mol. The van der Waals surface area contributed by atoms with Crippen LogP contribution in [0.5, 0.6) is 5.88 Å².